The lowest BCUT2D eigenvalue weighted by molar-refractivity contribution is -0.144. The molecular formula is C12H11F4N5OS. The van der Waals surface area contributed by atoms with E-state index in [4.69, 9.17) is 0 Å². The summed E-state index contributed by atoms with van der Waals surface area (Å²) in [5, 5.41) is 12.1. The molecule has 1 heterocycles. The van der Waals surface area contributed by atoms with Crippen molar-refractivity contribution in [2.75, 3.05) is 5.75 Å². The Morgan fingerprint density at radius 3 is 2.74 bits per heavy atom. The van der Waals surface area contributed by atoms with Crippen LogP contribution in [0.15, 0.2) is 29.4 Å². The van der Waals surface area contributed by atoms with Gasteiger partial charge >= 0.3 is 6.18 Å². The number of benzene rings is 1. The van der Waals surface area contributed by atoms with E-state index >= 15 is 0 Å². The van der Waals surface area contributed by atoms with E-state index < -0.39 is 24.4 Å². The molecule has 0 saturated carbocycles. The maximum absolute atomic E-state index is 13.4. The number of carbonyl (C=O) groups is 1. The molecule has 0 unspecified atom stereocenters. The molecule has 11 heteroatoms. The molecule has 0 aliphatic heterocycles. The Morgan fingerprint density at radius 1 is 1.30 bits per heavy atom. The fourth-order valence-corrected chi connectivity index (χ4v) is 2.29. The second kappa shape index (κ2) is 7.40. The molecule has 2 rings (SSSR count). The monoisotopic (exact) mass is 349 g/mol. The van der Waals surface area contributed by atoms with Gasteiger partial charge in [-0.25, -0.2) is 9.07 Å². The lowest BCUT2D eigenvalue weighted by atomic mass is 10.2. The van der Waals surface area contributed by atoms with Crippen LogP contribution in [0, 0.1) is 5.82 Å². The largest absolute Gasteiger partial charge is 0.408 e. The Kier molecular flexibility index (Phi) is 5.53. The van der Waals surface area contributed by atoms with Crippen molar-refractivity contribution in [3.63, 3.8) is 0 Å². The first-order valence-electron chi connectivity index (χ1n) is 6.31. The van der Waals surface area contributed by atoms with E-state index in [1.807, 2.05) is 0 Å². The highest BCUT2D eigenvalue weighted by Crippen LogP contribution is 2.20. The second-order valence-electron chi connectivity index (χ2n) is 4.39. The summed E-state index contributed by atoms with van der Waals surface area (Å²) in [6.45, 7) is -1.35. The number of nitrogens with one attached hydrogen (secondary N) is 1. The Morgan fingerprint density at radius 2 is 2.04 bits per heavy atom. The average molecular weight is 349 g/mol. The highest BCUT2D eigenvalue weighted by molar-refractivity contribution is 7.99. The van der Waals surface area contributed by atoms with Crippen molar-refractivity contribution in [1.82, 2.24) is 25.5 Å². The van der Waals surface area contributed by atoms with Gasteiger partial charge in [-0.05, 0) is 16.5 Å². The lowest BCUT2D eigenvalue weighted by Crippen LogP contribution is -2.25. The molecule has 0 aliphatic rings. The van der Waals surface area contributed by atoms with Crippen LogP contribution in [0.1, 0.15) is 5.56 Å². The first kappa shape index (κ1) is 17.2. The van der Waals surface area contributed by atoms with Crippen LogP contribution in [-0.4, -0.2) is 38.0 Å². The van der Waals surface area contributed by atoms with Gasteiger partial charge < -0.3 is 5.32 Å². The van der Waals surface area contributed by atoms with Crippen LogP contribution in [0.2, 0.25) is 0 Å². The quantitative estimate of drug-likeness (QED) is 0.636. The SMILES string of the molecule is O=C(CSc1nnnn1CC(F)(F)F)NCc1ccccc1F. The van der Waals surface area contributed by atoms with E-state index in [1.54, 1.807) is 6.07 Å². The van der Waals surface area contributed by atoms with Crippen molar-refractivity contribution in [3.8, 4) is 0 Å². The zero-order chi connectivity index (χ0) is 16.9. The van der Waals surface area contributed by atoms with Crippen LogP contribution in [0.25, 0.3) is 0 Å². The van der Waals surface area contributed by atoms with Gasteiger partial charge in [-0.15, -0.1) is 5.10 Å². The summed E-state index contributed by atoms with van der Waals surface area (Å²) in [7, 11) is 0. The predicted octanol–water partition coefficient (Wildman–Crippen LogP) is 1.78. The van der Waals surface area contributed by atoms with Gasteiger partial charge in [-0.2, -0.15) is 13.2 Å². The Balaban J connectivity index is 1.83. The maximum atomic E-state index is 13.4. The molecule has 6 nitrogen and oxygen atoms in total. The molecule has 124 valence electrons. The van der Waals surface area contributed by atoms with Crippen molar-refractivity contribution in [2.45, 2.75) is 24.4 Å². The summed E-state index contributed by atoms with van der Waals surface area (Å²) >= 11 is 0.763. The molecular weight excluding hydrogens is 338 g/mol. The fraction of sp³-hybridized carbons (Fsp3) is 0.333. The van der Waals surface area contributed by atoms with Gasteiger partial charge in [0.2, 0.25) is 11.1 Å². The molecule has 0 saturated heterocycles. The highest BCUT2D eigenvalue weighted by Gasteiger charge is 2.30. The van der Waals surface area contributed by atoms with Gasteiger partial charge in [0.1, 0.15) is 12.4 Å². The first-order valence-corrected chi connectivity index (χ1v) is 7.29. The minimum absolute atomic E-state index is 0.0143. The van der Waals surface area contributed by atoms with Crippen molar-refractivity contribution >= 4 is 17.7 Å². The van der Waals surface area contributed by atoms with Gasteiger partial charge in [0.25, 0.3) is 0 Å². The standard InChI is InChI=1S/C12H11F4N5OS/c13-9-4-2-1-3-8(9)5-17-10(22)6-23-11-18-19-20-21(11)7-12(14,15)16/h1-4H,5-7H2,(H,17,22). The molecule has 0 fully saturated rings. The highest BCUT2D eigenvalue weighted by atomic mass is 32.2. The summed E-state index contributed by atoms with van der Waals surface area (Å²) in [5.41, 5.74) is 0.313. The minimum atomic E-state index is -4.46. The smallest absolute Gasteiger partial charge is 0.351 e. The normalized spacial score (nSPS) is 11.5. The van der Waals surface area contributed by atoms with E-state index in [0.29, 0.717) is 10.2 Å². The summed E-state index contributed by atoms with van der Waals surface area (Å²) in [6, 6.07) is 5.94. The molecule has 23 heavy (non-hydrogen) atoms. The minimum Gasteiger partial charge on any atom is -0.351 e. The zero-order valence-corrected chi connectivity index (χ0v) is 12.4. The van der Waals surface area contributed by atoms with E-state index in [2.05, 4.69) is 20.8 Å². The van der Waals surface area contributed by atoms with Gasteiger partial charge in [0.15, 0.2) is 0 Å². The number of amides is 1. The van der Waals surface area contributed by atoms with E-state index in [1.165, 1.54) is 18.2 Å². The van der Waals surface area contributed by atoms with Crippen LogP contribution in [0.4, 0.5) is 17.6 Å². The molecule has 1 N–H and O–H groups in total. The number of alkyl halides is 3. The Labute approximate surface area is 132 Å². The van der Waals surface area contributed by atoms with Gasteiger partial charge in [-0.3, -0.25) is 4.79 Å². The van der Waals surface area contributed by atoms with Gasteiger partial charge in [0, 0.05) is 12.1 Å². The Hall–Kier alpha value is -2.17. The molecule has 1 aromatic heterocycles. The van der Waals surface area contributed by atoms with Crippen molar-refractivity contribution < 1.29 is 22.4 Å². The third-order valence-corrected chi connectivity index (χ3v) is 3.55. The number of thioether (sulfide) groups is 1. The van der Waals surface area contributed by atoms with Gasteiger partial charge in [-0.1, -0.05) is 30.0 Å². The third kappa shape index (κ3) is 5.51. The number of halogens is 4. The molecule has 2 aromatic rings. The lowest BCUT2D eigenvalue weighted by Gasteiger charge is -2.08. The van der Waals surface area contributed by atoms with Crippen LogP contribution in [0.3, 0.4) is 0 Å². The number of rotatable bonds is 6. The number of nitrogens with zero attached hydrogens (tertiary/aromatic N) is 4. The van der Waals surface area contributed by atoms with Crippen molar-refractivity contribution in [2.24, 2.45) is 0 Å². The number of carbonyl (C=O) groups excluding carboxylic acids is 1. The molecule has 1 aromatic carbocycles. The summed E-state index contributed by atoms with van der Waals surface area (Å²) in [6.07, 6.45) is -4.46. The number of tetrazole rings is 1. The summed E-state index contributed by atoms with van der Waals surface area (Å²) in [5.74, 6) is -1.11. The topological polar surface area (TPSA) is 72.7 Å². The van der Waals surface area contributed by atoms with Crippen molar-refractivity contribution in [1.29, 1.82) is 0 Å². The maximum Gasteiger partial charge on any atom is 0.408 e. The van der Waals surface area contributed by atoms with E-state index in [9.17, 15) is 22.4 Å². The summed E-state index contributed by atoms with van der Waals surface area (Å²) < 4.78 is 50.8. The van der Waals surface area contributed by atoms with E-state index in [0.717, 1.165) is 11.8 Å². The molecule has 0 atom stereocenters. The molecule has 0 aliphatic carbocycles. The van der Waals surface area contributed by atoms with Gasteiger partial charge in [0.05, 0.1) is 5.75 Å². The Bertz CT molecular complexity index is 675. The fourth-order valence-electron chi connectivity index (χ4n) is 1.59. The molecule has 1 amide bonds. The molecule has 0 spiro atoms. The third-order valence-electron chi connectivity index (χ3n) is 2.59. The number of hydrogen-bond donors (Lipinski definition) is 1. The molecule has 0 bridgehead atoms. The predicted molar refractivity (Wildman–Crippen MR) is 72.8 cm³/mol. The zero-order valence-electron chi connectivity index (χ0n) is 11.5. The summed E-state index contributed by atoms with van der Waals surface area (Å²) in [4.78, 5) is 11.7. The van der Waals surface area contributed by atoms with Crippen molar-refractivity contribution in [3.05, 3.63) is 35.6 Å². The van der Waals surface area contributed by atoms with Crippen LogP contribution < -0.4 is 5.32 Å². The number of aromatic nitrogens is 4. The van der Waals surface area contributed by atoms with Crippen LogP contribution in [-0.2, 0) is 17.9 Å². The van der Waals surface area contributed by atoms with Crippen LogP contribution in [0.5, 0.6) is 0 Å². The van der Waals surface area contributed by atoms with Crippen LogP contribution >= 0.6 is 11.8 Å². The second-order valence-corrected chi connectivity index (χ2v) is 5.33. The number of hydrogen-bond acceptors (Lipinski definition) is 5. The average Bonchev–Trinajstić information content (AvgIpc) is 2.89. The molecule has 0 radical (unpaired) electrons. The van der Waals surface area contributed by atoms with E-state index in [-0.39, 0.29) is 17.5 Å². The first-order chi connectivity index (χ1) is 10.8.